The second kappa shape index (κ2) is 4.80. The number of amides is 1. The highest BCUT2D eigenvalue weighted by atomic mass is 16.5. The zero-order valence-corrected chi connectivity index (χ0v) is 11.0. The van der Waals surface area contributed by atoms with Gasteiger partial charge in [0.25, 0.3) is 0 Å². The molecule has 0 fully saturated rings. The zero-order chi connectivity index (χ0) is 14.1. The van der Waals surface area contributed by atoms with Crippen molar-refractivity contribution in [2.75, 3.05) is 11.1 Å². The number of ether oxygens (including phenoxy) is 1. The van der Waals surface area contributed by atoms with E-state index in [2.05, 4.69) is 15.3 Å². The molecule has 0 saturated carbocycles. The molecule has 3 rings (SSSR count). The van der Waals surface area contributed by atoms with E-state index in [4.69, 9.17) is 10.5 Å². The van der Waals surface area contributed by atoms with Crippen LogP contribution in [0.3, 0.4) is 0 Å². The number of hydrogen-bond acceptors (Lipinski definition) is 5. The van der Waals surface area contributed by atoms with Crippen molar-refractivity contribution in [2.24, 2.45) is 0 Å². The molecule has 0 radical (unpaired) electrons. The molecule has 6 heteroatoms. The lowest BCUT2D eigenvalue weighted by Crippen LogP contribution is -2.18. The van der Waals surface area contributed by atoms with Gasteiger partial charge in [0.15, 0.2) is 0 Å². The van der Waals surface area contributed by atoms with Gasteiger partial charge >= 0.3 is 0 Å². The van der Waals surface area contributed by atoms with E-state index in [0.29, 0.717) is 24.5 Å². The van der Waals surface area contributed by atoms with Crippen molar-refractivity contribution in [3.8, 4) is 11.6 Å². The fourth-order valence-corrected chi connectivity index (χ4v) is 2.08. The summed E-state index contributed by atoms with van der Waals surface area (Å²) in [6.07, 6.45) is 2.83. The molecule has 1 aliphatic rings. The van der Waals surface area contributed by atoms with Crippen molar-refractivity contribution in [3.63, 3.8) is 0 Å². The average molecular weight is 270 g/mol. The standard InChI is InChI=1S/C14H14N4O2/c1-8-7-16-14(15)18-13(8)20-10-3-4-11-9(6-10)2-5-12(19)17-11/h3-4,6-7H,2,5H2,1H3,(H,17,19)(H2,15,16,18). The fraction of sp³-hybridized carbons (Fsp3) is 0.214. The lowest BCUT2D eigenvalue weighted by atomic mass is 10.0. The van der Waals surface area contributed by atoms with E-state index < -0.39 is 0 Å². The van der Waals surface area contributed by atoms with Crippen LogP contribution in [0.5, 0.6) is 11.6 Å². The van der Waals surface area contributed by atoms with Gasteiger partial charge in [0, 0.05) is 23.9 Å². The maximum absolute atomic E-state index is 11.3. The number of fused-ring (bicyclic) bond motifs is 1. The van der Waals surface area contributed by atoms with Gasteiger partial charge < -0.3 is 15.8 Å². The van der Waals surface area contributed by atoms with Crippen LogP contribution in [0, 0.1) is 6.92 Å². The Kier molecular flexibility index (Phi) is 2.98. The van der Waals surface area contributed by atoms with Gasteiger partial charge in [-0.3, -0.25) is 4.79 Å². The van der Waals surface area contributed by atoms with Crippen LogP contribution in [-0.4, -0.2) is 15.9 Å². The van der Waals surface area contributed by atoms with Crippen LogP contribution in [-0.2, 0) is 11.2 Å². The quantitative estimate of drug-likeness (QED) is 0.871. The van der Waals surface area contributed by atoms with E-state index in [-0.39, 0.29) is 11.9 Å². The Morgan fingerprint density at radius 2 is 2.20 bits per heavy atom. The molecule has 3 N–H and O–H groups in total. The van der Waals surface area contributed by atoms with E-state index in [9.17, 15) is 4.79 Å². The molecule has 0 saturated heterocycles. The summed E-state index contributed by atoms with van der Waals surface area (Å²) in [5, 5.41) is 2.83. The van der Waals surface area contributed by atoms with Crippen molar-refractivity contribution in [1.82, 2.24) is 9.97 Å². The van der Waals surface area contributed by atoms with Gasteiger partial charge in [0.2, 0.25) is 17.7 Å². The Bertz CT molecular complexity index is 685. The van der Waals surface area contributed by atoms with Crippen molar-refractivity contribution in [3.05, 3.63) is 35.5 Å². The van der Waals surface area contributed by atoms with E-state index in [0.717, 1.165) is 16.8 Å². The predicted molar refractivity (Wildman–Crippen MR) is 74.6 cm³/mol. The van der Waals surface area contributed by atoms with Crippen LogP contribution < -0.4 is 15.8 Å². The lowest BCUT2D eigenvalue weighted by molar-refractivity contribution is -0.116. The van der Waals surface area contributed by atoms with Gasteiger partial charge in [-0.05, 0) is 37.1 Å². The molecule has 1 aliphatic heterocycles. The van der Waals surface area contributed by atoms with Crippen molar-refractivity contribution >= 4 is 17.5 Å². The minimum Gasteiger partial charge on any atom is -0.439 e. The summed E-state index contributed by atoms with van der Waals surface area (Å²) < 4.78 is 5.74. The highest BCUT2D eigenvalue weighted by Gasteiger charge is 2.15. The smallest absolute Gasteiger partial charge is 0.226 e. The normalized spacial score (nSPS) is 13.6. The Morgan fingerprint density at radius 3 is 3.05 bits per heavy atom. The molecule has 1 aromatic carbocycles. The summed E-state index contributed by atoms with van der Waals surface area (Å²) in [6, 6.07) is 5.54. The maximum Gasteiger partial charge on any atom is 0.226 e. The van der Waals surface area contributed by atoms with Crippen LogP contribution in [0.25, 0.3) is 0 Å². The van der Waals surface area contributed by atoms with Crippen LogP contribution >= 0.6 is 0 Å². The Morgan fingerprint density at radius 1 is 1.35 bits per heavy atom. The Labute approximate surface area is 116 Å². The number of benzene rings is 1. The monoisotopic (exact) mass is 270 g/mol. The molecule has 20 heavy (non-hydrogen) atoms. The molecule has 1 aromatic heterocycles. The Balaban J connectivity index is 1.88. The first-order chi connectivity index (χ1) is 9.61. The van der Waals surface area contributed by atoms with Crippen LogP contribution in [0.15, 0.2) is 24.4 Å². The highest BCUT2D eigenvalue weighted by molar-refractivity contribution is 5.94. The molecule has 0 atom stereocenters. The number of aryl methyl sites for hydroxylation is 2. The van der Waals surface area contributed by atoms with Crippen molar-refractivity contribution in [1.29, 1.82) is 0 Å². The Hall–Kier alpha value is -2.63. The second-order valence-electron chi connectivity index (χ2n) is 4.69. The first-order valence-corrected chi connectivity index (χ1v) is 6.31. The van der Waals surface area contributed by atoms with E-state index in [1.54, 1.807) is 12.3 Å². The second-order valence-corrected chi connectivity index (χ2v) is 4.69. The lowest BCUT2D eigenvalue weighted by Gasteiger charge is -2.17. The third-order valence-corrected chi connectivity index (χ3v) is 3.13. The summed E-state index contributed by atoms with van der Waals surface area (Å²) in [6.45, 7) is 1.85. The van der Waals surface area contributed by atoms with Gasteiger partial charge in [-0.1, -0.05) is 0 Å². The molecule has 0 spiro atoms. The van der Waals surface area contributed by atoms with Crippen LogP contribution in [0.2, 0.25) is 0 Å². The van der Waals surface area contributed by atoms with Gasteiger partial charge in [-0.25, -0.2) is 4.98 Å². The minimum absolute atomic E-state index is 0.0468. The first-order valence-electron chi connectivity index (χ1n) is 6.31. The summed E-state index contributed by atoms with van der Waals surface area (Å²) in [4.78, 5) is 19.3. The number of carbonyl (C=O) groups excluding carboxylic acids is 1. The third-order valence-electron chi connectivity index (χ3n) is 3.13. The maximum atomic E-state index is 11.3. The van der Waals surface area contributed by atoms with Crippen LogP contribution in [0.4, 0.5) is 11.6 Å². The summed E-state index contributed by atoms with van der Waals surface area (Å²) in [5.41, 5.74) is 8.27. The summed E-state index contributed by atoms with van der Waals surface area (Å²) in [5.74, 6) is 1.33. The number of nitrogen functional groups attached to an aromatic ring is 1. The summed E-state index contributed by atoms with van der Waals surface area (Å²) in [7, 11) is 0. The SMILES string of the molecule is Cc1cnc(N)nc1Oc1ccc2c(c1)CCC(=O)N2. The minimum atomic E-state index is 0.0468. The number of carbonyl (C=O) groups is 1. The topological polar surface area (TPSA) is 90.1 Å². The van der Waals surface area contributed by atoms with Crippen LogP contribution in [0.1, 0.15) is 17.5 Å². The third kappa shape index (κ3) is 2.40. The number of aromatic nitrogens is 2. The molecular weight excluding hydrogens is 256 g/mol. The molecule has 0 aliphatic carbocycles. The molecule has 0 unspecified atom stereocenters. The molecule has 102 valence electrons. The average Bonchev–Trinajstić information content (AvgIpc) is 2.43. The number of hydrogen-bond donors (Lipinski definition) is 2. The summed E-state index contributed by atoms with van der Waals surface area (Å²) >= 11 is 0. The molecule has 6 nitrogen and oxygen atoms in total. The van der Waals surface area contributed by atoms with Gasteiger partial charge in [-0.15, -0.1) is 0 Å². The highest BCUT2D eigenvalue weighted by Crippen LogP contribution is 2.29. The van der Waals surface area contributed by atoms with E-state index in [1.807, 2.05) is 19.1 Å². The zero-order valence-electron chi connectivity index (χ0n) is 11.0. The fourth-order valence-electron chi connectivity index (χ4n) is 2.08. The van der Waals surface area contributed by atoms with Gasteiger partial charge in [0.05, 0.1) is 0 Å². The predicted octanol–water partition coefficient (Wildman–Crippen LogP) is 2.04. The molecule has 0 bridgehead atoms. The van der Waals surface area contributed by atoms with Gasteiger partial charge in [0.1, 0.15) is 5.75 Å². The van der Waals surface area contributed by atoms with Crippen molar-refractivity contribution < 1.29 is 9.53 Å². The number of nitrogens with two attached hydrogens (primary N) is 1. The molecule has 2 aromatic rings. The van der Waals surface area contributed by atoms with E-state index >= 15 is 0 Å². The number of anilines is 2. The first kappa shape index (κ1) is 12.4. The number of nitrogens with zero attached hydrogens (tertiary/aromatic N) is 2. The molecule has 1 amide bonds. The van der Waals surface area contributed by atoms with E-state index in [1.165, 1.54) is 0 Å². The van der Waals surface area contributed by atoms with Crippen molar-refractivity contribution in [2.45, 2.75) is 19.8 Å². The molecule has 2 heterocycles. The number of rotatable bonds is 2. The largest absolute Gasteiger partial charge is 0.439 e. The van der Waals surface area contributed by atoms with Gasteiger partial charge in [-0.2, -0.15) is 4.98 Å². The number of nitrogens with one attached hydrogen (secondary N) is 1. The molecular formula is C14H14N4O2.